The maximum Gasteiger partial charge on any atom is 0.282 e. The first-order chi connectivity index (χ1) is 19.9. The molecule has 0 fully saturated rings. The standard InChI is InChI=1S/C31H20Br2FN3O4/c1-39-27-14-20(23(33)15-28(27)40-17-18-6-2-4-8-24(18)34)16-35-37-30(36-25-9-5-3-7-22(25)31(37)38)29-13-19-12-21(32)10-11-26(19)41-29/h2-16H,17H2,1H3. The Bertz CT molecular complexity index is 2020. The highest BCUT2D eigenvalue weighted by atomic mass is 79.9. The molecule has 0 aliphatic rings. The van der Waals surface area contributed by atoms with Crippen LogP contribution in [0.4, 0.5) is 4.39 Å². The number of benzene rings is 4. The predicted octanol–water partition coefficient (Wildman–Crippen LogP) is 7.94. The normalized spacial score (nSPS) is 11.5. The molecule has 0 N–H and O–H groups in total. The summed E-state index contributed by atoms with van der Waals surface area (Å²) in [5.74, 6) is 1.13. The van der Waals surface area contributed by atoms with Gasteiger partial charge in [-0.05, 0) is 70.5 Å². The van der Waals surface area contributed by atoms with Gasteiger partial charge in [-0.25, -0.2) is 9.37 Å². The van der Waals surface area contributed by atoms with Gasteiger partial charge in [-0.2, -0.15) is 9.78 Å². The predicted molar refractivity (Wildman–Crippen MR) is 163 cm³/mol. The van der Waals surface area contributed by atoms with E-state index in [2.05, 4.69) is 37.0 Å². The molecule has 0 aliphatic heterocycles. The zero-order valence-electron chi connectivity index (χ0n) is 21.5. The zero-order valence-corrected chi connectivity index (χ0v) is 24.6. The van der Waals surface area contributed by atoms with Crippen molar-refractivity contribution in [2.45, 2.75) is 6.61 Å². The number of fused-ring (bicyclic) bond motifs is 2. The minimum Gasteiger partial charge on any atom is -0.493 e. The Labute approximate surface area is 250 Å². The fourth-order valence-corrected chi connectivity index (χ4v) is 5.13. The quantitative estimate of drug-likeness (QED) is 0.160. The SMILES string of the molecule is COc1cc(C=Nn2c(-c3cc4cc(Br)ccc4o3)nc3ccccc3c2=O)c(Br)cc1OCc1ccccc1F. The molecule has 4 aromatic carbocycles. The summed E-state index contributed by atoms with van der Waals surface area (Å²) < 4.78 is 34.3. The monoisotopic (exact) mass is 675 g/mol. The smallest absolute Gasteiger partial charge is 0.282 e. The van der Waals surface area contributed by atoms with Crippen LogP contribution in [0.3, 0.4) is 0 Å². The van der Waals surface area contributed by atoms with Crippen LogP contribution in [0, 0.1) is 5.82 Å². The van der Waals surface area contributed by atoms with Crippen molar-refractivity contribution in [3.8, 4) is 23.1 Å². The molecule has 0 amide bonds. The molecule has 2 aromatic heterocycles. The van der Waals surface area contributed by atoms with Crippen molar-refractivity contribution in [3.05, 3.63) is 121 Å². The van der Waals surface area contributed by atoms with E-state index in [1.54, 1.807) is 48.5 Å². The molecular weight excluding hydrogens is 657 g/mol. The number of hydrogen-bond donors (Lipinski definition) is 0. The van der Waals surface area contributed by atoms with Crippen molar-refractivity contribution >= 4 is 59.9 Å². The molecule has 2 heterocycles. The van der Waals surface area contributed by atoms with Crippen molar-refractivity contribution in [2.75, 3.05) is 7.11 Å². The van der Waals surface area contributed by atoms with Crippen molar-refractivity contribution in [1.29, 1.82) is 0 Å². The molecule has 0 aliphatic carbocycles. The molecule has 41 heavy (non-hydrogen) atoms. The number of methoxy groups -OCH3 is 1. The molecule has 6 rings (SSSR count). The molecule has 0 saturated carbocycles. The highest BCUT2D eigenvalue weighted by molar-refractivity contribution is 9.10. The van der Waals surface area contributed by atoms with Gasteiger partial charge in [0.1, 0.15) is 18.0 Å². The highest BCUT2D eigenvalue weighted by Crippen LogP contribution is 2.34. The minimum atomic E-state index is -0.351. The lowest BCUT2D eigenvalue weighted by atomic mass is 10.2. The average molecular weight is 677 g/mol. The van der Waals surface area contributed by atoms with Crippen LogP contribution in [0.2, 0.25) is 0 Å². The van der Waals surface area contributed by atoms with E-state index in [1.165, 1.54) is 24.1 Å². The van der Waals surface area contributed by atoms with Crippen LogP contribution >= 0.6 is 31.9 Å². The Balaban J connectivity index is 1.40. The summed E-state index contributed by atoms with van der Waals surface area (Å²) in [7, 11) is 1.51. The van der Waals surface area contributed by atoms with Crippen LogP contribution < -0.4 is 15.0 Å². The van der Waals surface area contributed by atoms with Gasteiger partial charge in [0.25, 0.3) is 5.56 Å². The second kappa shape index (κ2) is 11.3. The van der Waals surface area contributed by atoms with E-state index in [0.29, 0.717) is 49.3 Å². The Hall–Kier alpha value is -4.28. The lowest BCUT2D eigenvalue weighted by Crippen LogP contribution is -2.20. The third-order valence-electron chi connectivity index (χ3n) is 6.39. The Kier molecular flexibility index (Phi) is 7.42. The third kappa shape index (κ3) is 5.40. The van der Waals surface area contributed by atoms with Crippen LogP contribution in [-0.4, -0.2) is 23.0 Å². The summed E-state index contributed by atoms with van der Waals surface area (Å²) in [5, 5.41) is 5.80. The van der Waals surface area contributed by atoms with E-state index in [4.69, 9.17) is 18.9 Å². The van der Waals surface area contributed by atoms with Gasteiger partial charge in [0, 0.05) is 25.5 Å². The Morgan fingerprint density at radius 1 is 1.00 bits per heavy atom. The molecule has 0 saturated heterocycles. The van der Waals surface area contributed by atoms with E-state index in [9.17, 15) is 9.18 Å². The average Bonchev–Trinajstić information content (AvgIpc) is 3.40. The summed E-state index contributed by atoms with van der Waals surface area (Å²) in [6.45, 7) is 0.0263. The Morgan fingerprint density at radius 3 is 2.63 bits per heavy atom. The first-order valence-corrected chi connectivity index (χ1v) is 14.0. The molecule has 0 spiro atoms. The Morgan fingerprint density at radius 2 is 1.80 bits per heavy atom. The molecule has 10 heteroatoms. The van der Waals surface area contributed by atoms with Crippen LogP contribution in [0.5, 0.6) is 11.5 Å². The van der Waals surface area contributed by atoms with Gasteiger partial charge in [0.15, 0.2) is 17.3 Å². The number of furan rings is 1. The summed E-state index contributed by atoms with van der Waals surface area (Å²) in [6.07, 6.45) is 1.52. The van der Waals surface area contributed by atoms with Gasteiger partial charge in [0.2, 0.25) is 5.82 Å². The van der Waals surface area contributed by atoms with Gasteiger partial charge in [-0.15, -0.1) is 0 Å². The lowest BCUT2D eigenvalue weighted by Gasteiger charge is -2.13. The third-order valence-corrected chi connectivity index (χ3v) is 7.57. The minimum absolute atomic E-state index is 0.0263. The van der Waals surface area contributed by atoms with Crippen molar-refractivity contribution in [1.82, 2.24) is 9.66 Å². The number of aromatic nitrogens is 2. The molecule has 0 radical (unpaired) electrons. The topological polar surface area (TPSA) is 78.9 Å². The van der Waals surface area contributed by atoms with Crippen LogP contribution in [0.15, 0.2) is 108 Å². The summed E-state index contributed by atoms with van der Waals surface area (Å²) >= 11 is 7.03. The van der Waals surface area contributed by atoms with E-state index >= 15 is 0 Å². The van der Waals surface area contributed by atoms with Gasteiger partial charge in [-0.1, -0.05) is 46.3 Å². The van der Waals surface area contributed by atoms with Gasteiger partial charge >= 0.3 is 0 Å². The molecule has 0 bridgehead atoms. The number of ether oxygens (including phenoxy) is 2. The van der Waals surface area contributed by atoms with E-state index in [0.717, 1.165) is 9.86 Å². The summed E-state index contributed by atoms with van der Waals surface area (Å²) in [4.78, 5) is 18.3. The van der Waals surface area contributed by atoms with Crippen molar-refractivity contribution < 1.29 is 18.3 Å². The van der Waals surface area contributed by atoms with Crippen molar-refractivity contribution in [3.63, 3.8) is 0 Å². The number of hydrogen-bond acceptors (Lipinski definition) is 6. The second-order valence-electron chi connectivity index (χ2n) is 9.01. The van der Waals surface area contributed by atoms with Gasteiger partial charge in [-0.3, -0.25) is 4.79 Å². The molecule has 0 atom stereocenters. The lowest BCUT2D eigenvalue weighted by molar-refractivity contribution is 0.279. The van der Waals surface area contributed by atoms with Crippen LogP contribution in [0.25, 0.3) is 33.5 Å². The first-order valence-electron chi connectivity index (χ1n) is 12.4. The fourth-order valence-electron chi connectivity index (χ4n) is 4.33. The molecule has 0 unspecified atom stereocenters. The second-order valence-corrected chi connectivity index (χ2v) is 10.8. The van der Waals surface area contributed by atoms with E-state index < -0.39 is 0 Å². The van der Waals surface area contributed by atoms with Gasteiger partial charge < -0.3 is 13.9 Å². The van der Waals surface area contributed by atoms with E-state index in [-0.39, 0.29) is 23.8 Å². The maximum absolute atomic E-state index is 14.1. The van der Waals surface area contributed by atoms with Gasteiger partial charge in [0.05, 0.1) is 24.2 Å². The van der Waals surface area contributed by atoms with Crippen LogP contribution in [-0.2, 0) is 6.61 Å². The number of halogens is 3. The van der Waals surface area contributed by atoms with Crippen LogP contribution in [0.1, 0.15) is 11.1 Å². The highest BCUT2D eigenvalue weighted by Gasteiger charge is 2.17. The maximum atomic E-state index is 14.1. The van der Waals surface area contributed by atoms with E-state index in [1.807, 2.05) is 30.3 Å². The number of rotatable bonds is 7. The summed E-state index contributed by atoms with van der Waals surface area (Å²) in [6, 6.07) is 24.4. The largest absolute Gasteiger partial charge is 0.493 e. The van der Waals surface area contributed by atoms with Crippen molar-refractivity contribution in [2.24, 2.45) is 5.10 Å². The molecular formula is C31H20Br2FN3O4. The number of nitrogens with zero attached hydrogens (tertiary/aromatic N) is 3. The number of para-hydroxylation sites is 1. The molecule has 7 nitrogen and oxygen atoms in total. The fraction of sp³-hybridized carbons (Fsp3) is 0.0645. The summed E-state index contributed by atoms with van der Waals surface area (Å²) in [5.41, 5.74) is 1.86. The molecule has 6 aromatic rings. The zero-order chi connectivity index (χ0) is 28.5. The first kappa shape index (κ1) is 26.9. The molecule has 204 valence electrons.